The number of phosphoric acid groups is 1. The second kappa shape index (κ2) is 57.4. The van der Waals surface area contributed by atoms with Gasteiger partial charge in [0.05, 0.1) is 33.8 Å². The topological polar surface area (TPSA) is 114 Å². The van der Waals surface area contributed by atoms with Crippen LogP contribution < -0.4 is 10.2 Å². The van der Waals surface area contributed by atoms with Crippen molar-refractivity contribution in [3.8, 4) is 0 Å². The highest BCUT2D eigenvalue weighted by molar-refractivity contribution is 7.45. The molecule has 0 aromatic heterocycles. The SMILES string of the molecule is CC/C=C\C/C=C\C/C=C\C/C=C\C/C=C\C/C=C\CCCCCCC(=O)OC(/C=C\CCCCCCCCCCCCC)C(COP(=O)([O-])OCC[N+](C)(C)C)NC(=O)CCC/C=C\C/C=C\C/C=C\C/C=C\CCCCC. The van der Waals surface area contributed by atoms with Gasteiger partial charge < -0.3 is 28.5 Å². The molecule has 0 fully saturated rings. The number of esters is 1. The van der Waals surface area contributed by atoms with E-state index in [2.05, 4.69) is 148 Å². The number of nitrogens with one attached hydrogen (secondary N) is 1. The number of ether oxygens (including phenoxy) is 1. The fraction of sp³-hybridized carbons (Fsp3) is 0.652. The number of hydrogen-bond acceptors (Lipinski definition) is 7. The lowest BCUT2D eigenvalue weighted by Gasteiger charge is -2.30. The number of nitrogens with zero attached hydrogens (tertiary/aromatic N) is 1. The van der Waals surface area contributed by atoms with E-state index in [-0.39, 0.29) is 31.3 Å². The number of carbonyl (C=O) groups excluding carboxylic acids is 2. The molecule has 3 unspecified atom stereocenters. The largest absolute Gasteiger partial charge is 0.756 e. The molecular formula is C69H117N2O7P. The Morgan fingerprint density at radius 3 is 1.27 bits per heavy atom. The van der Waals surface area contributed by atoms with Gasteiger partial charge in [-0.3, -0.25) is 14.2 Å². The number of rotatable bonds is 55. The van der Waals surface area contributed by atoms with Crippen molar-refractivity contribution in [2.24, 2.45) is 0 Å². The number of phosphoric ester groups is 1. The summed E-state index contributed by atoms with van der Waals surface area (Å²) in [5.74, 6) is -0.645. The zero-order valence-electron chi connectivity index (χ0n) is 51.3. The predicted octanol–water partition coefficient (Wildman–Crippen LogP) is 19.0. The third-order valence-corrected chi connectivity index (χ3v) is 14.0. The molecule has 0 heterocycles. The highest BCUT2D eigenvalue weighted by Crippen LogP contribution is 2.38. The van der Waals surface area contributed by atoms with Gasteiger partial charge in [-0.25, -0.2) is 0 Å². The van der Waals surface area contributed by atoms with E-state index in [1.165, 1.54) is 77.0 Å². The Morgan fingerprint density at radius 1 is 0.456 bits per heavy atom. The molecule has 0 aliphatic heterocycles. The molecule has 0 radical (unpaired) electrons. The summed E-state index contributed by atoms with van der Waals surface area (Å²) in [5.41, 5.74) is 0. The Kier molecular flexibility index (Phi) is 54.6. The van der Waals surface area contributed by atoms with Crippen molar-refractivity contribution in [3.63, 3.8) is 0 Å². The first-order valence-corrected chi connectivity index (χ1v) is 33.0. The number of likely N-dealkylation sites (N-methyl/N-ethyl adjacent to an activating group) is 1. The molecule has 0 saturated carbocycles. The zero-order valence-corrected chi connectivity index (χ0v) is 52.2. The van der Waals surface area contributed by atoms with Crippen LogP contribution in [0.1, 0.15) is 239 Å². The van der Waals surface area contributed by atoms with E-state index in [4.69, 9.17) is 13.8 Å². The molecule has 0 aromatic rings. The molecule has 0 spiro atoms. The lowest BCUT2D eigenvalue weighted by atomic mass is 10.0. The minimum Gasteiger partial charge on any atom is -0.756 e. The molecule has 0 bridgehead atoms. The minimum absolute atomic E-state index is 0.0442. The zero-order chi connectivity index (χ0) is 57.9. The van der Waals surface area contributed by atoms with Crippen molar-refractivity contribution in [3.05, 3.63) is 134 Å². The molecule has 0 rings (SSSR count). The van der Waals surface area contributed by atoms with Crippen molar-refractivity contribution in [2.75, 3.05) is 40.9 Å². The minimum atomic E-state index is -4.73. The van der Waals surface area contributed by atoms with Crippen LogP contribution in [-0.4, -0.2) is 69.4 Å². The fourth-order valence-corrected chi connectivity index (χ4v) is 8.94. The third kappa shape index (κ3) is 58.6. The summed E-state index contributed by atoms with van der Waals surface area (Å²) in [6.45, 7) is 6.62. The Bertz CT molecular complexity index is 1810. The summed E-state index contributed by atoms with van der Waals surface area (Å²) >= 11 is 0. The van der Waals surface area contributed by atoms with Crippen LogP contribution in [0, 0.1) is 0 Å². The highest BCUT2D eigenvalue weighted by atomic mass is 31.2. The van der Waals surface area contributed by atoms with E-state index in [0.717, 1.165) is 116 Å². The smallest absolute Gasteiger partial charge is 0.306 e. The van der Waals surface area contributed by atoms with Crippen LogP contribution in [0.4, 0.5) is 0 Å². The van der Waals surface area contributed by atoms with Gasteiger partial charge in [-0.2, -0.15) is 0 Å². The quantitative estimate of drug-likeness (QED) is 0.0212. The molecule has 0 aliphatic rings. The first kappa shape index (κ1) is 75.2. The average molecular weight is 1120 g/mol. The summed E-state index contributed by atoms with van der Waals surface area (Å²) in [6.07, 6.45) is 81.4. The molecule has 0 aliphatic carbocycles. The second-order valence-electron chi connectivity index (χ2n) is 21.8. The maximum Gasteiger partial charge on any atom is 0.306 e. The normalized spacial score (nSPS) is 14.6. The van der Waals surface area contributed by atoms with Crippen LogP contribution in [0.2, 0.25) is 0 Å². The van der Waals surface area contributed by atoms with Gasteiger partial charge in [0.25, 0.3) is 7.82 Å². The third-order valence-electron chi connectivity index (χ3n) is 13.1. The molecule has 1 amide bonds. The van der Waals surface area contributed by atoms with Crippen LogP contribution in [0.15, 0.2) is 134 Å². The van der Waals surface area contributed by atoms with E-state index in [1.54, 1.807) is 6.08 Å². The van der Waals surface area contributed by atoms with Crippen molar-refractivity contribution < 1.29 is 37.3 Å². The van der Waals surface area contributed by atoms with Gasteiger partial charge in [-0.1, -0.05) is 238 Å². The van der Waals surface area contributed by atoms with Crippen molar-refractivity contribution in [1.82, 2.24) is 5.32 Å². The highest BCUT2D eigenvalue weighted by Gasteiger charge is 2.27. The Hall–Kier alpha value is -3.85. The molecule has 450 valence electrons. The molecule has 1 N–H and O–H groups in total. The molecule has 0 saturated heterocycles. The molecule has 10 heteroatoms. The fourth-order valence-electron chi connectivity index (χ4n) is 8.22. The number of allylic oxidation sites excluding steroid dienone is 21. The average Bonchev–Trinajstić information content (AvgIpc) is 3.41. The van der Waals surface area contributed by atoms with E-state index in [0.29, 0.717) is 23.9 Å². The van der Waals surface area contributed by atoms with Crippen molar-refractivity contribution >= 4 is 19.7 Å². The first-order chi connectivity index (χ1) is 38.4. The van der Waals surface area contributed by atoms with Gasteiger partial charge in [-0.15, -0.1) is 0 Å². The predicted molar refractivity (Wildman–Crippen MR) is 339 cm³/mol. The van der Waals surface area contributed by atoms with Gasteiger partial charge in [0.1, 0.15) is 19.3 Å². The van der Waals surface area contributed by atoms with Crippen LogP contribution >= 0.6 is 7.82 Å². The summed E-state index contributed by atoms with van der Waals surface area (Å²) < 4.78 is 30.3. The maximum absolute atomic E-state index is 13.5. The Labute approximate surface area is 485 Å². The van der Waals surface area contributed by atoms with Crippen molar-refractivity contribution in [1.29, 1.82) is 0 Å². The Balaban J connectivity index is 5.41. The van der Waals surface area contributed by atoms with Gasteiger partial charge in [0, 0.05) is 12.8 Å². The van der Waals surface area contributed by atoms with E-state index < -0.39 is 26.6 Å². The van der Waals surface area contributed by atoms with E-state index >= 15 is 0 Å². The monoisotopic (exact) mass is 1120 g/mol. The van der Waals surface area contributed by atoms with Gasteiger partial charge >= 0.3 is 5.97 Å². The van der Waals surface area contributed by atoms with Gasteiger partial charge in [0.15, 0.2) is 0 Å². The molecular weight excluding hydrogens is 1000 g/mol. The molecule has 3 atom stereocenters. The summed E-state index contributed by atoms with van der Waals surface area (Å²) in [4.78, 5) is 40.0. The molecule has 79 heavy (non-hydrogen) atoms. The molecule has 9 nitrogen and oxygen atoms in total. The first-order valence-electron chi connectivity index (χ1n) is 31.5. The molecule has 0 aromatic carbocycles. The lowest BCUT2D eigenvalue weighted by molar-refractivity contribution is -0.870. The maximum atomic E-state index is 13.5. The summed E-state index contributed by atoms with van der Waals surface area (Å²) in [7, 11) is 1.12. The number of amides is 1. The van der Waals surface area contributed by atoms with Crippen molar-refractivity contribution in [2.45, 2.75) is 251 Å². The van der Waals surface area contributed by atoms with Gasteiger partial charge in [-0.05, 0) is 122 Å². The van der Waals surface area contributed by atoms with Crippen LogP contribution in [0.5, 0.6) is 0 Å². The van der Waals surface area contributed by atoms with Gasteiger partial charge in [0.2, 0.25) is 5.91 Å². The number of unbranched alkanes of at least 4 members (excludes halogenated alkanes) is 19. The van der Waals surface area contributed by atoms with E-state index in [9.17, 15) is 19.0 Å². The number of quaternary nitrogens is 1. The number of hydrogen-bond donors (Lipinski definition) is 1. The van der Waals surface area contributed by atoms with Crippen LogP contribution in [-0.2, 0) is 27.9 Å². The van der Waals surface area contributed by atoms with E-state index in [1.807, 2.05) is 27.2 Å². The lowest BCUT2D eigenvalue weighted by Crippen LogP contribution is -2.47. The Morgan fingerprint density at radius 2 is 0.823 bits per heavy atom. The van der Waals surface area contributed by atoms with Crippen LogP contribution in [0.3, 0.4) is 0 Å². The summed E-state index contributed by atoms with van der Waals surface area (Å²) in [6, 6.07) is -0.938. The summed E-state index contributed by atoms with van der Waals surface area (Å²) in [5, 5.41) is 2.99. The standard InChI is InChI=1S/C69H117N2O7P/c1-7-10-13-16-19-22-25-28-30-32-33-34-35-36-37-39-41-44-47-50-53-56-59-62-69(73)78-67(60-57-54-51-48-45-42-27-24-21-18-15-12-9-3)66(65-77-79(74,75)76-64-63-71(4,5)6)70-68(72)61-58-55-52-49-46-43-40-38-31-29-26-23-20-17-14-11-8-2/h10,13,19-20,22-23,28-31,33-34,36-37,40-41,43-44,49,52,57,60,66-67H,7-9,11-12,14-18,21,24-27,32,35,38-39,42,45-48,50-51,53-56,58-59,61-65H2,1-6H3,(H-,70,72,74,75)/b13-10-,22-19-,23-20-,30-28-,31-29-,34-33-,37-36-,43-40-,44-41-,52-49-,60-57-. The van der Waals surface area contributed by atoms with Crippen LogP contribution in [0.25, 0.3) is 0 Å². The number of carbonyl (C=O) groups is 2. The second-order valence-corrected chi connectivity index (χ2v) is 23.2.